The molecular weight excluding hydrogens is 396 g/mol. The Balaban J connectivity index is 1.69. The van der Waals surface area contributed by atoms with Crippen LogP contribution in [-0.2, 0) is 22.4 Å². The minimum absolute atomic E-state index is 0.0528. The second-order valence-electron chi connectivity index (χ2n) is 7.35. The Morgan fingerprint density at radius 2 is 1.32 bits per heavy atom. The molecule has 2 aromatic carbocycles. The number of carbonyl (C=O) groups is 2. The summed E-state index contributed by atoms with van der Waals surface area (Å²) in [6.45, 7) is 3.70. The van der Waals surface area contributed by atoms with Gasteiger partial charge in [-0.25, -0.2) is 4.79 Å². The van der Waals surface area contributed by atoms with E-state index in [2.05, 4.69) is 10.6 Å². The van der Waals surface area contributed by atoms with Gasteiger partial charge in [-0.2, -0.15) is 0 Å². The first kappa shape index (κ1) is 21.6. The molecule has 0 spiro atoms. The zero-order chi connectivity index (χ0) is 22.5. The summed E-state index contributed by atoms with van der Waals surface area (Å²) in [6, 6.07) is 13.2. The Hall–Kier alpha value is -4.07. The second-order valence-corrected chi connectivity index (χ2v) is 7.35. The lowest BCUT2D eigenvalue weighted by Gasteiger charge is -2.10. The quantitative estimate of drug-likeness (QED) is 0.452. The van der Waals surface area contributed by atoms with Crippen LogP contribution in [0.15, 0.2) is 57.7 Å². The van der Waals surface area contributed by atoms with Crippen LogP contribution in [-0.4, -0.2) is 11.8 Å². The number of rotatable bonds is 6. The van der Waals surface area contributed by atoms with Gasteiger partial charge in [0.25, 0.3) is 0 Å². The number of nitrogens with two attached hydrogens (primary N) is 2. The summed E-state index contributed by atoms with van der Waals surface area (Å²) in [5.41, 5.74) is 15.3. The molecule has 0 atom stereocenters. The van der Waals surface area contributed by atoms with Crippen molar-refractivity contribution in [2.24, 2.45) is 0 Å². The van der Waals surface area contributed by atoms with Gasteiger partial charge in [-0.15, -0.1) is 0 Å². The molecule has 0 bridgehead atoms. The molecule has 0 fully saturated rings. The van der Waals surface area contributed by atoms with Crippen molar-refractivity contribution in [2.45, 2.75) is 26.7 Å². The first-order chi connectivity index (χ1) is 14.7. The van der Waals surface area contributed by atoms with Gasteiger partial charge in [0.1, 0.15) is 5.76 Å². The molecule has 0 aliphatic carbocycles. The van der Waals surface area contributed by atoms with Crippen LogP contribution in [0.4, 0.5) is 22.7 Å². The molecule has 1 aromatic heterocycles. The van der Waals surface area contributed by atoms with E-state index < -0.39 is 5.63 Å². The summed E-state index contributed by atoms with van der Waals surface area (Å²) >= 11 is 0. The number of aryl methyl sites for hydroxylation is 2. The third-order valence-corrected chi connectivity index (χ3v) is 4.65. The highest BCUT2D eigenvalue weighted by atomic mass is 16.4. The van der Waals surface area contributed by atoms with E-state index in [1.165, 1.54) is 12.1 Å². The van der Waals surface area contributed by atoms with E-state index in [0.717, 1.165) is 11.1 Å². The van der Waals surface area contributed by atoms with Gasteiger partial charge in [-0.05, 0) is 60.9 Å². The summed E-state index contributed by atoms with van der Waals surface area (Å²) in [4.78, 5) is 36.7. The van der Waals surface area contributed by atoms with E-state index in [-0.39, 0.29) is 30.4 Å². The van der Waals surface area contributed by atoms with E-state index in [1.54, 1.807) is 36.4 Å². The summed E-state index contributed by atoms with van der Waals surface area (Å²) < 4.78 is 5.13. The highest BCUT2D eigenvalue weighted by molar-refractivity contribution is 5.94. The molecule has 8 heteroatoms. The fourth-order valence-corrected chi connectivity index (χ4v) is 3.06. The Kier molecular flexibility index (Phi) is 6.40. The van der Waals surface area contributed by atoms with Crippen molar-refractivity contribution in [2.75, 3.05) is 22.1 Å². The first-order valence-corrected chi connectivity index (χ1v) is 9.64. The van der Waals surface area contributed by atoms with Crippen molar-refractivity contribution in [3.8, 4) is 0 Å². The topological polar surface area (TPSA) is 140 Å². The zero-order valence-corrected chi connectivity index (χ0v) is 17.3. The van der Waals surface area contributed by atoms with E-state index in [9.17, 15) is 14.4 Å². The van der Waals surface area contributed by atoms with Gasteiger partial charge in [0.2, 0.25) is 11.8 Å². The van der Waals surface area contributed by atoms with Crippen molar-refractivity contribution >= 4 is 34.6 Å². The number of benzene rings is 2. The molecule has 6 N–H and O–H groups in total. The molecule has 3 aromatic rings. The van der Waals surface area contributed by atoms with E-state index >= 15 is 0 Å². The SMILES string of the molecule is Cc1ccc(N)cc1NC(=O)Cc1cc(CC(=O)Nc2cc(N)ccc2C)oc(=O)c1. The molecular formula is C23H24N4O4. The average Bonchev–Trinajstić information content (AvgIpc) is 2.67. The van der Waals surface area contributed by atoms with Gasteiger partial charge in [0.15, 0.2) is 0 Å². The Morgan fingerprint density at radius 3 is 1.87 bits per heavy atom. The third kappa shape index (κ3) is 5.96. The number of anilines is 4. The third-order valence-electron chi connectivity index (χ3n) is 4.65. The first-order valence-electron chi connectivity index (χ1n) is 9.64. The average molecular weight is 420 g/mol. The lowest BCUT2D eigenvalue weighted by atomic mass is 10.1. The monoisotopic (exact) mass is 420 g/mol. The lowest BCUT2D eigenvalue weighted by molar-refractivity contribution is -0.116. The summed E-state index contributed by atoms with van der Waals surface area (Å²) in [5, 5.41) is 5.53. The maximum Gasteiger partial charge on any atom is 0.336 e. The van der Waals surface area contributed by atoms with Crippen molar-refractivity contribution in [1.29, 1.82) is 0 Å². The van der Waals surface area contributed by atoms with Crippen LogP contribution in [0.25, 0.3) is 0 Å². The molecule has 8 nitrogen and oxygen atoms in total. The summed E-state index contributed by atoms with van der Waals surface area (Å²) in [7, 11) is 0. The Morgan fingerprint density at radius 1 is 0.806 bits per heavy atom. The fraction of sp³-hybridized carbons (Fsp3) is 0.174. The number of hydrogen-bond donors (Lipinski definition) is 4. The van der Waals surface area contributed by atoms with Crippen LogP contribution < -0.4 is 27.7 Å². The minimum Gasteiger partial charge on any atom is -0.427 e. The van der Waals surface area contributed by atoms with Crippen molar-refractivity contribution in [3.05, 3.63) is 81.4 Å². The van der Waals surface area contributed by atoms with Crippen LogP contribution in [0.1, 0.15) is 22.5 Å². The van der Waals surface area contributed by atoms with Crippen LogP contribution in [0.3, 0.4) is 0 Å². The number of amides is 2. The Bertz CT molecular complexity index is 1110. The lowest BCUT2D eigenvalue weighted by Crippen LogP contribution is -2.18. The van der Waals surface area contributed by atoms with Gasteiger partial charge < -0.3 is 26.5 Å². The van der Waals surface area contributed by atoms with Crippen LogP contribution in [0, 0.1) is 13.8 Å². The smallest absolute Gasteiger partial charge is 0.336 e. The maximum absolute atomic E-state index is 12.4. The van der Waals surface area contributed by atoms with Gasteiger partial charge in [-0.3, -0.25) is 9.59 Å². The molecule has 0 aliphatic heterocycles. The molecule has 1 heterocycles. The van der Waals surface area contributed by atoms with Crippen LogP contribution >= 0.6 is 0 Å². The molecule has 0 unspecified atom stereocenters. The predicted molar refractivity (Wildman–Crippen MR) is 121 cm³/mol. The molecule has 31 heavy (non-hydrogen) atoms. The normalized spacial score (nSPS) is 10.5. The van der Waals surface area contributed by atoms with E-state index in [4.69, 9.17) is 15.9 Å². The number of carbonyl (C=O) groups excluding carboxylic acids is 2. The predicted octanol–water partition coefficient (Wildman–Crippen LogP) is 2.78. The number of nitrogens with one attached hydrogen (secondary N) is 2. The molecule has 2 amide bonds. The highest BCUT2D eigenvalue weighted by Crippen LogP contribution is 2.19. The van der Waals surface area contributed by atoms with Gasteiger partial charge in [0.05, 0.1) is 12.8 Å². The fourth-order valence-electron chi connectivity index (χ4n) is 3.06. The van der Waals surface area contributed by atoms with Gasteiger partial charge in [-0.1, -0.05) is 12.1 Å². The standard InChI is InChI=1S/C23H24N4O4/c1-13-3-5-16(24)10-19(13)26-21(28)8-15-7-18(31-23(30)9-15)12-22(29)27-20-11-17(25)6-4-14(20)2/h3-7,9-11H,8,12,24-25H2,1-2H3,(H,26,28)(H,27,29). The van der Waals surface area contributed by atoms with Crippen molar-refractivity contribution < 1.29 is 14.0 Å². The van der Waals surface area contributed by atoms with Crippen LogP contribution in [0.5, 0.6) is 0 Å². The minimum atomic E-state index is -0.631. The molecule has 0 saturated heterocycles. The number of hydrogen-bond acceptors (Lipinski definition) is 6. The van der Waals surface area contributed by atoms with E-state index in [1.807, 2.05) is 13.8 Å². The highest BCUT2D eigenvalue weighted by Gasteiger charge is 2.13. The van der Waals surface area contributed by atoms with Gasteiger partial charge >= 0.3 is 5.63 Å². The zero-order valence-electron chi connectivity index (χ0n) is 17.3. The largest absolute Gasteiger partial charge is 0.427 e. The molecule has 0 radical (unpaired) electrons. The summed E-state index contributed by atoms with van der Waals surface area (Å²) in [5.74, 6) is -0.520. The number of nitrogen functional groups attached to an aromatic ring is 2. The molecule has 160 valence electrons. The maximum atomic E-state index is 12.4. The van der Waals surface area contributed by atoms with Crippen molar-refractivity contribution in [1.82, 2.24) is 0 Å². The molecule has 0 saturated carbocycles. The Labute approximate surface area is 179 Å². The van der Waals surface area contributed by atoms with Gasteiger partial charge in [0, 0.05) is 28.8 Å². The molecule has 3 rings (SSSR count). The molecule has 0 aliphatic rings. The second kappa shape index (κ2) is 9.17. The summed E-state index contributed by atoms with van der Waals surface area (Å²) in [6.07, 6.45) is -0.212. The van der Waals surface area contributed by atoms with Crippen molar-refractivity contribution in [3.63, 3.8) is 0 Å². The van der Waals surface area contributed by atoms with Crippen LogP contribution in [0.2, 0.25) is 0 Å². The van der Waals surface area contributed by atoms with E-state index in [0.29, 0.717) is 28.3 Å².